The van der Waals surface area contributed by atoms with Gasteiger partial charge in [-0.25, -0.2) is 9.59 Å². The van der Waals surface area contributed by atoms with Crippen LogP contribution in [0.4, 0.5) is 5.69 Å². The number of H-pyrrole nitrogens is 2. The number of aryl methyl sites for hydroxylation is 1. The van der Waals surface area contributed by atoms with Crippen LogP contribution in [0.2, 0.25) is 0 Å². The van der Waals surface area contributed by atoms with Crippen molar-refractivity contribution >= 4 is 39.9 Å². The number of aromatic nitrogens is 2. The Hall–Kier alpha value is -2.87. The summed E-state index contributed by atoms with van der Waals surface area (Å²) in [5, 5.41) is 4.54. The molecule has 7 nitrogen and oxygen atoms in total. The summed E-state index contributed by atoms with van der Waals surface area (Å²) in [6.45, 7) is 1.54. The van der Waals surface area contributed by atoms with E-state index in [9.17, 15) is 14.4 Å². The van der Waals surface area contributed by atoms with Gasteiger partial charge in [0, 0.05) is 15.9 Å². The first-order valence-electron chi connectivity index (χ1n) is 8.84. The van der Waals surface area contributed by atoms with Gasteiger partial charge in [-0.15, -0.1) is 11.3 Å². The highest BCUT2D eigenvalue weighted by molar-refractivity contribution is 7.10. The van der Waals surface area contributed by atoms with E-state index in [1.54, 1.807) is 36.5 Å². The summed E-state index contributed by atoms with van der Waals surface area (Å²) in [5.41, 5.74) is 3.10. The van der Waals surface area contributed by atoms with E-state index in [1.165, 1.54) is 4.88 Å². The van der Waals surface area contributed by atoms with Gasteiger partial charge in [-0.1, -0.05) is 0 Å². The summed E-state index contributed by atoms with van der Waals surface area (Å²) in [6.07, 6.45) is 3.19. The highest BCUT2D eigenvalue weighted by atomic mass is 32.1. The summed E-state index contributed by atoms with van der Waals surface area (Å²) >= 11 is 1.59. The number of nitrogens with one attached hydrogen (secondary N) is 3. The zero-order valence-corrected chi connectivity index (χ0v) is 15.6. The average Bonchev–Trinajstić information content (AvgIpc) is 3.23. The van der Waals surface area contributed by atoms with E-state index in [-0.39, 0.29) is 5.69 Å². The smallest absolute Gasteiger partial charge is 0.340 e. The standard InChI is InChI=1S/C19H19N3O4S/c1-10(26-18(24)13-9-27-16-5-3-2-4-12(13)16)17(23)20-11-6-7-14-15(8-11)22-19(25)21-14/h6-10H,2-5H2,1H3,(H,20,23)(H2,21,22,25)/t10-/m1/s1. The van der Waals surface area contributed by atoms with E-state index in [0.717, 1.165) is 31.2 Å². The lowest BCUT2D eigenvalue weighted by molar-refractivity contribution is -0.123. The minimum absolute atomic E-state index is 0.310. The Bertz CT molecular complexity index is 1080. The molecule has 2 heterocycles. The first kappa shape index (κ1) is 17.5. The van der Waals surface area contributed by atoms with Crippen LogP contribution in [0, 0.1) is 0 Å². The number of imidazole rings is 1. The number of carbonyl (C=O) groups is 2. The van der Waals surface area contributed by atoms with Gasteiger partial charge in [0.05, 0.1) is 16.6 Å². The molecular weight excluding hydrogens is 366 g/mol. The zero-order valence-electron chi connectivity index (χ0n) is 14.8. The van der Waals surface area contributed by atoms with Gasteiger partial charge in [0.1, 0.15) is 0 Å². The topological polar surface area (TPSA) is 104 Å². The third-order valence-electron chi connectivity index (χ3n) is 4.72. The maximum absolute atomic E-state index is 12.5. The van der Waals surface area contributed by atoms with Crippen molar-refractivity contribution in [2.75, 3.05) is 5.32 Å². The highest BCUT2D eigenvalue weighted by Crippen LogP contribution is 2.30. The van der Waals surface area contributed by atoms with Gasteiger partial charge in [-0.2, -0.15) is 0 Å². The van der Waals surface area contributed by atoms with Gasteiger partial charge in [-0.05, 0) is 56.4 Å². The lowest BCUT2D eigenvalue weighted by Gasteiger charge is -2.15. The average molecular weight is 385 g/mol. The Balaban J connectivity index is 1.43. The SMILES string of the molecule is C[C@@H](OC(=O)c1csc2c1CCCC2)C(=O)Nc1ccc2[nH]c(=O)[nH]c2c1. The monoisotopic (exact) mass is 385 g/mol. The van der Waals surface area contributed by atoms with Gasteiger partial charge >= 0.3 is 11.7 Å². The number of rotatable bonds is 4. The molecule has 0 bridgehead atoms. The van der Waals surface area contributed by atoms with Crippen molar-refractivity contribution in [3.8, 4) is 0 Å². The van der Waals surface area contributed by atoms with Gasteiger partial charge in [0.25, 0.3) is 5.91 Å². The molecule has 0 unspecified atom stereocenters. The Morgan fingerprint density at radius 1 is 1.19 bits per heavy atom. The number of aromatic amines is 2. The Labute approximate surface area is 158 Å². The summed E-state index contributed by atoms with van der Waals surface area (Å²) in [6, 6.07) is 5.01. The number of fused-ring (bicyclic) bond motifs is 2. The highest BCUT2D eigenvalue weighted by Gasteiger charge is 2.24. The predicted octanol–water partition coefficient (Wildman–Crippen LogP) is 2.98. The van der Waals surface area contributed by atoms with E-state index in [2.05, 4.69) is 15.3 Å². The summed E-state index contributed by atoms with van der Waals surface area (Å²) < 4.78 is 5.38. The third-order valence-corrected chi connectivity index (χ3v) is 5.81. The molecule has 0 spiro atoms. The van der Waals surface area contributed by atoms with E-state index in [0.29, 0.717) is 22.3 Å². The van der Waals surface area contributed by atoms with E-state index in [4.69, 9.17) is 4.74 Å². The number of thiophene rings is 1. The molecular formula is C19H19N3O4S. The molecule has 0 aliphatic heterocycles. The molecule has 8 heteroatoms. The normalized spacial score (nSPS) is 14.6. The number of carbonyl (C=O) groups excluding carboxylic acids is 2. The first-order valence-corrected chi connectivity index (χ1v) is 9.72. The maximum atomic E-state index is 12.5. The quantitative estimate of drug-likeness (QED) is 0.601. The summed E-state index contributed by atoms with van der Waals surface area (Å²) in [4.78, 5) is 42.7. The van der Waals surface area contributed by atoms with Crippen molar-refractivity contribution in [1.29, 1.82) is 0 Å². The van der Waals surface area contributed by atoms with Crippen molar-refractivity contribution < 1.29 is 14.3 Å². The Kier molecular flexibility index (Phi) is 4.57. The third kappa shape index (κ3) is 3.52. The van der Waals surface area contributed by atoms with Crippen molar-refractivity contribution in [2.45, 2.75) is 38.7 Å². The molecule has 1 atom stereocenters. The molecule has 27 heavy (non-hydrogen) atoms. The van der Waals surface area contributed by atoms with Crippen LogP contribution in [0.3, 0.4) is 0 Å². The van der Waals surface area contributed by atoms with Crippen LogP contribution in [0.5, 0.6) is 0 Å². The predicted molar refractivity (Wildman–Crippen MR) is 103 cm³/mol. The fourth-order valence-electron chi connectivity index (χ4n) is 3.30. The minimum Gasteiger partial charge on any atom is -0.449 e. The molecule has 2 aromatic heterocycles. The van der Waals surface area contributed by atoms with Crippen LogP contribution in [-0.4, -0.2) is 27.9 Å². The van der Waals surface area contributed by atoms with Gasteiger partial charge in [0.15, 0.2) is 6.10 Å². The maximum Gasteiger partial charge on any atom is 0.340 e. The molecule has 1 aromatic carbocycles. The number of amides is 1. The molecule has 0 radical (unpaired) electrons. The van der Waals surface area contributed by atoms with Crippen LogP contribution in [0.25, 0.3) is 11.0 Å². The van der Waals surface area contributed by atoms with Crippen LogP contribution < -0.4 is 11.0 Å². The largest absolute Gasteiger partial charge is 0.449 e. The number of hydrogen-bond donors (Lipinski definition) is 3. The van der Waals surface area contributed by atoms with Gasteiger partial charge < -0.3 is 20.0 Å². The molecule has 4 rings (SSSR count). The minimum atomic E-state index is -0.933. The number of benzene rings is 1. The van der Waals surface area contributed by atoms with Crippen molar-refractivity contribution in [3.63, 3.8) is 0 Å². The first-order chi connectivity index (χ1) is 13.0. The van der Waals surface area contributed by atoms with Crippen LogP contribution in [0.15, 0.2) is 28.4 Å². The molecule has 140 valence electrons. The van der Waals surface area contributed by atoms with Crippen LogP contribution >= 0.6 is 11.3 Å². The number of esters is 1. The Morgan fingerprint density at radius 2 is 1.96 bits per heavy atom. The molecule has 0 saturated heterocycles. The van der Waals surface area contributed by atoms with Crippen molar-refractivity contribution in [2.24, 2.45) is 0 Å². The lowest BCUT2D eigenvalue weighted by atomic mass is 9.96. The molecule has 0 fully saturated rings. The Morgan fingerprint density at radius 3 is 2.81 bits per heavy atom. The van der Waals surface area contributed by atoms with Crippen molar-refractivity contribution in [1.82, 2.24) is 9.97 Å². The number of anilines is 1. The van der Waals surface area contributed by atoms with Crippen LogP contribution in [-0.2, 0) is 22.4 Å². The lowest BCUT2D eigenvalue weighted by Crippen LogP contribution is -2.30. The molecule has 1 aliphatic carbocycles. The van der Waals surface area contributed by atoms with Crippen molar-refractivity contribution in [3.05, 3.63) is 50.1 Å². The van der Waals surface area contributed by atoms with Crippen LogP contribution in [0.1, 0.15) is 40.6 Å². The fourth-order valence-corrected chi connectivity index (χ4v) is 4.41. The summed E-state index contributed by atoms with van der Waals surface area (Å²) in [5.74, 6) is -0.882. The molecule has 3 N–H and O–H groups in total. The molecule has 3 aromatic rings. The second-order valence-electron chi connectivity index (χ2n) is 6.63. The van der Waals surface area contributed by atoms with Gasteiger partial charge in [-0.3, -0.25) is 4.79 Å². The molecule has 1 aliphatic rings. The molecule has 1 amide bonds. The van der Waals surface area contributed by atoms with E-state index in [1.807, 2.05) is 5.38 Å². The van der Waals surface area contributed by atoms with E-state index < -0.39 is 18.0 Å². The summed E-state index contributed by atoms with van der Waals surface area (Å²) in [7, 11) is 0. The second-order valence-corrected chi connectivity index (χ2v) is 7.60. The zero-order chi connectivity index (χ0) is 19.0. The number of ether oxygens (including phenoxy) is 1. The second kappa shape index (κ2) is 7.03. The van der Waals surface area contributed by atoms with E-state index >= 15 is 0 Å². The molecule has 0 saturated carbocycles. The fraction of sp³-hybridized carbons (Fsp3) is 0.316. The number of hydrogen-bond acceptors (Lipinski definition) is 5. The van der Waals surface area contributed by atoms with Gasteiger partial charge in [0.2, 0.25) is 0 Å².